The van der Waals surface area contributed by atoms with Gasteiger partial charge in [0.1, 0.15) is 5.75 Å². The summed E-state index contributed by atoms with van der Waals surface area (Å²) in [5.74, 6) is 0.685. The van der Waals surface area contributed by atoms with Crippen molar-refractivity contribution in [2.24, 2.45) is 0 Å². The van der Waals surface area contributed by atoms with E-state index in [9.17, 15) is 9.90 Å². The Morgan fingerprint density at radius 3 is 2.43 bits per heavy atom. The second kappa shape index (κ2) is 7.43. The maximum atomic E-state index is 12.0. The second-order valence-corrected chi connectivity index (χ2v) is 5.47. The molecule has 1 aromatic rings. The molecule has 1 heterocycles. The third kappa shape index (κ3) is 4.44. The summed E-state index contributed by atoms with van der Waals surface area (Å²) in [6, 6.07) is 7.27. The fourth-order valence-corrected chi connectivity index (χ4v) is 2.31. The lowest BCUT2D eigenvalue weighted by atomic mass is 10.1. The van der Waals surface area contributed by atoms with Crippen molar-refractivity contribution in [2.75, 3.05) is 39.8 Å². The molecule has 1 amide bonds. The molecule has 116 valence electrons. The van der Waals surface area contributed by atoms with Gasteiger partial charge in [0.15, 0.2) is 6.61 Å². The summed E-state index contributed by atoms with van der Waals surface area (Å²) >= 11 is 0. The van der Waals surface area contributed by atoms with Gasteiger partial charge in [0.25, 0.3) is 5.91 Å². The van der Waals surface area contributed by atoms with E-state index in [4.69, 9.17) is 4.74 Å². The van der Waals surface area contributed by atoms with Gasteiger partial charge in [0.05, 0.1) is 6.10 Å². The monoisotopic (exact) mass is 292 g/mol. The molecule has 0 spiro atoms. The van der Waals surface area contributed by atoms with Gasteiger partial charge in [0, 0.05) is 26.2 Å². The average molecular weight is 292 g/mol. The van der Waals surface area contributed by atoms with Crippen LogP contribution in [-0.4, -0.2) is 60.6 Å². The molecule has 0 aliphatic carbocycles. The SMILES string of the molecule is CC[C@@H](O)c1ccc(OCC(=O)N2CCN(C)CC2)cc1. The lowest BCUT2D eigenvalue weighted by Gasteiger charge is -2.32. The van der Waals surface area contributed by atoms with Crippen LogP contribution >= 0.6 is 0 Å². The van der Waals surface area contributed by atoms with Crippen molar-refractivity contribution in [2.45, 2.75) is 19.4 Å². The Kier molecular flexibility index (Phi) is 5.59. The molecule has 5 nitrogen and oxygen atoms in total. The molecule has 0 unspecified atom stereocenters. The van der Waals surface area contributed by atoms with E-state index in [0.717, 1.165) is 31.7 Å². The lowest BCUT2D eigenvalue weighted by Crippen LogP contribution is -2.48. The van der Waals surface area contributed by atoms with E-state index >= 15 is 0 Å². The molecule has 0 saturated carbocycles. The zero-order valence-electron chi connectivity index (χ0n) is 12.8. The number of likely N-dealkylation sites (N-methyl/N-ethyl adjacent to an activating group) is 1. The van der Waals surface area contributed by atoms with Gasteiger partial charge in [-0.25, -0.2) is 0 Å². The number of ether oxygens (including phenoxy) is 1. The number of carbonyl (C=O) groups excluding carboxylic acids is 1. The summed E-state index contributed by atoms with van der Waals surface area (Å²) < 4.78 is 5.53. The first kappa shape index (κ1) is 15.8. The van der Waals surface area contributed by atoms with E-state index in [0.29, 0.717) is 12.2 Å². The molecule has 5 heteroatoms. The Labute approximate surface area is 126 Å². The minimum Gasteiger partial charge on any atom is -0.484 e. The Hall–Kier alpha value is -1.59. The molecule has 1 aliphatic heterocycles. The summed E-state index contributed by atoms with van der Waals surface area (Å²) in [4.78, 5) is 16.1. The van der Waals surface area contributed by atoms with Crippen LogP contribution in [0.15, 0.2) is 24.3 Å². The lowest BCUT2D eigenvalue weighted by molar-refractivity contribution is -0.134. The predicted molar refractivity (Wildman–Crippen MR) is 81.3 cm³/mol. The normalized spacial score (nSPS) is 17.6. The molecule has 1 aromatic carbocycles. The highest BCUT2D eigenvalue weighted by atomic mass is 16.5. The molecular weight excluding hydrogens is 268 g/mol. The van der Waals surface area contributed by atoms with Crippen LogP contribution in [0.5, 0.6) is 5.75 Å². The molecule has 1 saturated heterocycles. The number of rotatable bonds is 5. The van der Waals surface area contributed by atoms with Gasteiger partial charge in [-0.2, -0.15) is 0 Å². The Morgan fingerprint density at radius 2 is 1.86 bits per heavy atom. The molecular formula is C16H24N2O3. The van der Waals surface area contributed by atoms with E-state index in [1.54, 1.807) is 12.1 Å². The van der Waals surface area contributed by atoms with Crippen LogP contribution in [0.2, 0.25) is 0 Å². The summed E-state index contributed by atoms with van der Waals surface area (Å²) in [6.45, 7) is 5.36. The number of hydrogen-bond acceptors (Lipinski definition) is 4. The van der Waals surface area contributed by atoms with E-state index in [-0.39, 0.29) is 12.5 Å². The van der Waals surface area contributed by atoms with Crippen molar-refractivity contribution in [3.05, 3.63) is 29.8 Å². The molecule has 1 atom stereocenters. The summed E-state index contributed by atoms with van der Waals surface area (Å²) in [7, 11) is 2.06. The van der Waals surface area contributed by atoms with E-state index < -0.39 is 6.10 Å². The number of aliphatic hydroxyl groups is 1. The van der Waals surface area contributed by atoms with Crippen LogP contribution in [0.25, 0.3) is 0 Å². The van der Waals surface area contributed by atoms with Crippen molar-refractivity contribution in [1.29, 1.82) is 0 Å². The first-order valence-corrected chi connectivity index (χ1v) is 7.47. The largest absolute Gasteiger partial charge is 0.484 e. The van der Waals surface area contributed by atoms with Gasteiger partial charge in [0.2, 0.25) is 0 Å². The van der Waals surface area contributed by atoms with Crippen molar-refractivity contribution in [3.63, 3.8) is 0 Å². The topological polar surface area (TPSA) is 53.0 Å². The van der Waals surface area contributed by atoms with Gasteiger partial charge in [-0.1, -0.05) is 19.1 Å². The highest BCUT2D eigenvalue weighted by Crippen LogP contribution is 2.19. The maximum Gasteiger partial charge on any atom is 0.260 e. The quantitative estimate of drug-likeness (QED) is 0.888. The molecule has 2 rings (SSSR count). The van der Waals surface area contributed by atoms with Crippen molar-refractivity contribution in [3.8, 4) is 5.75 Å². The molecule has 1 N–H and O–H groups in total. The second-order valence-electron chi connectivity index (χ2n) is 5.47. The van der Waals surface area contributed by atoms with Gasteiger partial charge in [-0.05, 0) is 31.2 Å². The van der Waals surface area contributed by atoms with Crippen molar-refractivity contribution >= 4 is 5.91 Å². The maximum absolute atomic E-state index is 12.0. The number of aliphatic hydroxyl groups excluding tert-OH is 1. The van der Waals surface area contributed by atoms with Crippen LogP contribution in [0.3, 0.4) is 0 Å². The zero-order valence-corrected chi connectivity index (χ0v) is 12.8. The first-order valence-electron chi connectivity index (χ1n) is 7.47. The van der Waals surface area contributed by atoms with Gasteiger partial charge < -0.3 is 19.6 Å². The molecule has 0 bridgehead atoms. The summed E-state index contributed by atoms with van der Waals surface area (Å²) in [6.07, 6.45) is 0.244. The number of carbonyl (C=O) groups is 1. The van der Waals surface area contributed by atoms with E-state index in [1.807, 2.05) is 24.0 Å². The molecule has 0 aromatic heterocycles. The number of amides is 1. The summed E-state index contributed by atoms with van der Waals surface area (Å²) in [5.41, 5.74) is 0.871. The first-order chi connectivity index (χ1) is 10.1. The molecule has 0 radical (unpaired) electrons. The van der Waals surface area contributed by atoms with Crippen molar-refractivity contribution in [1.82, 2.24) is 9.80 Å². The van der Waals surface area contributed by atoms with Crippen LogP contribution in [0.1, 0.15) is 25.0 Å². The van der Waals surface area contributed by atoms with Gasteiger partial charge >= 0.3 is 0 Å². The Balaban J connectivity index is 1.81. The molecule has 21 heavy (non-hydrogen) atoms. The van der Waals surface area contributed by atoms with Gasteiger partial charge in [-0.15, -0.1) is 0 Å². The van der Waals surface area contributed by atoms with Crippen LogP contribution in [0.4, 0.5) is 0 Å². The van der Waals surface area contributed by atoms with E-state index in [1.165, 1.54) is 0 Å². The number of piperazine rings is 1. The van der Waals surface area contributed by atoms with Crippen LogP contribution < -0.4 is 4.74 Å². The highest BCUT2D eigenvalue weighted by molar-refractivity contribution is 5.77. The third-order valence-corrected chi connectivity index (χ3v) is 3.87. The minimum atomic E-state index is -0.439. The van der Waals surface area contributed by atoms with Crippen molar-refractivity contribution < 1.29 is 14.6 Å². The Bertz CT molecular complexity index is 453. The third-order valence-electron chi connectivity index (χ3n) is 3.87. The van der Waals surface area contributed by atoms with Crippen LogP contribution in [0, 0.1) is 0 Å². The zero-order chi connectivity index (χ0) is 15.2. The predicted octanol–water partition coefficient (Wildman–Crippen LogP) is 1.28. The van der Waals surface area contributed by atoms with E-state index in [2.05, 4.69) is 11.9 Å². The number of nitrogens with zero attached hydrogens (tertiary/aromatic N) is 2. The number of benzene rings is 1. The molecule has 1 fully saturated rings. The highest BCUT2D eigenvalue weighted by Gasteiger charge is 2.19. The fraction of sp³-hybridized carbons (Fsp3) is 0.562. The number of hydrogen-bond donors (Lipinski definition) is 1. The smallest absolute Gasteiger partial charge is 0.260 e. The van der Waals surface area contributed by atoms with Crippen LogP contribution in [-0.2, 0) is 4.79 Å². The molecule has 1 aliphatic rings. The minimum absolute atomic E-state index is 0.0285. The summed E-state index contributed by atoms with van der Waals surface area (Å²) in [5, 5.41) is 9.72. The standard InChI is InChI=1S/C16H24N2O3/c1-3-15(19)13-4-6-14(7-5-13)21-12-16(20)18-10-8-17(2)9-11-18/h4-7,15,19H,3,8-12H2,1-2H3/t15-/m1/s1. The average Bonchev–Trinajstić information content (AvgIpc) is 2.53. The van der Waals surface area contributed by atoms with Gasteiger partial charge in [-0.3, -0.25) is 4.79 Å². The Morgan fingerprint density at radius 1 is 1.24 bits per heavy atom. The fourth-order valence-electron chi connectivity index (χ4n) is 2.31.